The number of rotatable bonds is 9. The Bertz CT molecular complexity index is 783. The van der Waals surface area contributed by atoms with Crippen LogP contribution >= 0.6 is 0 Å². The van der Waals surface area contributed by atoms with Crippen LogP contribution in [0.4, 0.5) is 18.9 Å². The zero-order valence-electron chi connectivity index (χ0n) is 16.4. The van der Waals surface area contributed by atoms with Crippen molar-refractivity contribution in [1.82, 2.24) is 4.90 Å². The number of anilines is 1. The van der Waals surface area contributed by atoms with E-state index < -0.39 is 22.0 Å². The molecule has 1 N–H and O–H groups in total. The van der Waals surface area contributed by atoms with Crippen molar-refractivity contribution in [3.63, 3.8) is 0 Å². The molecule has 1 heterocycles. The number of unbranched alkanes of at least 4 members (excludes halogenated alkanes) is 3. The summed E-state index contributed by atoms with van der Waals surface area (Å²) in [6.45, 7) is 7.59. The molecule has 0 bridgehead atoms. The molecule has 3 rings (SSSR count). The second kappa shape index (κ2) is 7.86. The maximum absolute atomic E-state index is 12.4. The van der Waals surface area contributed by atoms with Crippen molar-refractivity contribution < 1.29 is 21.6 Å². The summed E-state index contributed by atoms with van der Waals surface area (Å²) < 4.78 is 62.9. The van der Waals surface area contributed by atoms with Crippen LogP contribution in [0.3, 0.4) is 0 Å². The molecule has 0 aromatic heterocycles. The van der Waals surface area contributed by atoms with Gasteiger partial charge in [-0.05, 0) is 42.5 Å². The number of nitrogens with one attached hydrogen (secondary N) is 1. The summed E-state index contributed by atoms with van der Waals surface area (Å²) in [6, 6.07) is 6.85. The first-order chi connectivity index (χ1) is 13.0. The first kappa shape index (κ1) is 21.4. The average molecular weight is 419 g/mol. The van der Waals surface area contributed by atoms with E-state index in [1.54, 1.807) is 12.1 Å². The average Bonchev–Trinajstić information content (AvgIpc) is 2.93. The first-order valence-electron chi connectivity index (χ1n) is 9.95. The zero-order chi connectivity index (χ0) is 20.6. The Morgan fingerprint density at radius 1 is 1.18 bits per heavy atom. The van der Waals surface area contributed by atoms with Crippen LogP contribution in [-0.2, 0) is 15.4 Å². The van der Waals surface area contributed by atoms with Crippen molar-refractivity contribution in [2.24, 2.45) is 11.8 Å². The standard InChI is InChI=1S/C20H29F3N2O2S/c1-3-4-5-6-10-25-12-17-18(13-25)19(17,2)15-8-7-9-16(11-15)24-28(26,27)14-20(21,22)23/h7-9,11,17-18,24H,3-6,10,12-14H2,1-2H3. The predicted molar refractivity (Wildman–Crippen MR) is 105 cm³/mol. The van der Waals surface area contributed by atoms with Gasteiger partial charge in [-0.2, -0.15) is 13.2 Å². The van der Waals surface area contributed by atoms with E-state index >= 15 is 0 Å². The summed E-state index contributed by atoms with van der Waals surface area (Å²) in [5.74, 6) is -0.818. The van der Waals surface area contributed by atoms with Crippen LogP contribution in [0.15, 0.2) is 24.3 Å². The van der Waals surface area contributed by atoms with Crippen LogP contribution in [-0.4, -0.2) is 44.9 Å². The van der Waals surface area contributed by atoms with E-state index in [-0.39, 0.29) is 11.1 Å². The van der Waals surface area contributed by atoms with Crippen molar-refractivity contribution in [3.8, 4) is 0 Å². The van der Waals surface area contributed by atoms with Crippen molar-refractivity contribution in [2.45, 2.75) is 51.1 Å². The zero-order valence-corrected chi connectivity index (χ0v) is 17.2. The SMILES string of the molecule is CCCCCCN1CC2C(C1)C2(C)c1cccc(NS(=O)(=O)CC(F)(F)F)c1. The van der Waals surface area contributed by atoms with Crippen molar-refractivity contribution in [1.29, 1.82) is 0 Å². The summed E-state index contributed by atoms with van der Waals surface area (Å²) in [5.41, 5.74) is 1.18. The normalized spacial score (nSPS) is 27.6. The van der Waals surface area contributed by atoms with Gasteiger partial charge in [0.2, 0.25) is 10.0 Å². The van der Waals surface area contributed by atoms with Crippen molar-refractivity contribution in [3.05, 3.63) is 29.8 Å². The third kappa shape index (κ3) is 4.82. The van der Waals surface area contributed by atoms with Crippen LogP contribution in [0.1, 0.15) is 45.1 Å². The van der Waals surface area contributed by atoms with Gasteiger partial charge in [0.05, 0.1) is 0 Å². The highest BCUT2D eigenvalue weighted by Crippen LogP contribution is 2.63. The molecule has 0 amide bonds. The van der Waals surface area contributed by atoms with Crippen LogP contribution in [0, 0.1) is 11.8 Å². The molecular weight excluding hydrogens is 389 g/mol. The second-order valence-electron chi connectivity index (χ2n) is 8.37. The molecule has 1 aliphatic heterocycles. The molecule has 1 saturated heterocycles. The highest BCUT2D eigenvalue weighted by molar-refractivity contribution is 7.92. The number of sulfonamides is 1. The van der Waals surface area contributed by atoms with Crippen LogP contribution in [0.25, 0.3) is 0 Å². The Kier molecular flexibility index (Phi) is 6.01. The Morgan fingerprint density at radius 2 is 1.86 bits per heavy atom. The molecule has 0 radical (unpaired) electrons. The summed E-state index contributed by atoms with van der Waals surface area (Å²) in [6.07, 6.45) is 0.228. The monoisotopic (exact) mass is 418 g/mol. The third-order valence-electron chi connectivity index (χ3n) is 6.27. The molecule has 2 atom stereocenters. The number of halogens is 3. The number of hydrogen-bond acceptors (Lipinski definition) is 3. The number of nitrogens with zero attached hydrogens (tertiary/aromatic N) is 1. The molecule has 1 aromatic carbocycles. The van der Waals surface area contributed by atoms with E-state index in [9.17, 15) is 21.6 Å². The molecular formula is C20H29F3N2O2S. The second-order valence-corrected chi connectivity index (χ2v) is 10.1. The molecule has 1 aromatic rings. The highest BCUT2D eigenvalue weighted by atomic mass is 32.2. The summed E-state index contributed by atoms with van der Waals surface area (Å²) in [4.78, 5) is 2.50. The van der Waals surface area contributed by atoms with E-state index in [0.717, 1.165) is 25.2 Å². The Labute approximate surface area is 165 Å². The van der Waals surface area contributed by atoms with Crippen LogP contribution in [0.2, 0.25) is 0 Å². The molecule has 1 saturated carbocycles. The van der Waals surface area contributed by atoms with Gasteiger partial charge in [0.1, 0.15) is 0 Å². The predicted octanol–water partition coefficient (Wildman–Crippen LogP) is 4.39. The first-order valence-corrected chi connectivity index (χ1v) is 11.6. The number of fused-ring (bicyclic) bond motifs is 1. The fourth-order valence-corrected chi connectivity index (χ4v) is 5.67. The Balaban J connectivity index is 1.60. The molecule has 158 valence electrons. The fourth-order valence-electron chi connectivity index (χ4n) is 4.68. The van der Waals surface area contributed by atoms with E-state index in [4.69, 9.17) is 0 Å². The fraction of sp³-hybridized carbons (Fsp3) is 0.700. The van der Waals surface area contributed by atoms with Crippen LogP contribution < -0.4 is 4.72 Å². The van der Waals surface area contributed by atoms with Gasteiger partial charge in [-0.3, -0.25) is 4.72 Å². The smallest absolute Gasteiger partial charge is 0.303 e. The Hall–Kier alpha value is -1.28. The lowest BCUT2D eigenvalue weighted by Crippen LogP contribution is -2.30. The number of alkyl halides is 3. The van der Waals surface area contributed by atoms with Gasteiger partial charge in [0, 0.05) is 24.2 Å². The molecule has 1 aliphatic carbocycles. The van der Waals surface area contributed by atoms with Crippen molar-refractivity contribution >= 4 is 15.7 Å². The van der Waals surface area contributed by atoms with E-state index in [1.807, 2.05) is 6.07 Å². The lowest BCUT2D eigenvalue weighted by molar-refractivity contribution is -0.106. The number of hydrogen-bond donors (Lipinski definition) is 1. The van der Waals surface area contributed by atoms with Gasteiger partial charge < -0.3 is 4.90 Å². The third-order valence-corrected chi connectivity index (χ3v) is 7.52. The van der Waals surface area contributed by atoms with Gasteiger partial charge in [-0.15, -0.1) is 0 Å². The Morgan fingerprint density at radius 3 is 2.46 bits per heavy atom. The van der Waals surface area contributed by atoms with Gasteiger partial charge in [0.15, 0.2) is 5.75 Å². The van der Waals surface area contributed by atoms with Gasteiger partial charge in [0.25, 0.3) is 0 Å². The molecule has 4 nitrogen and oxygen atoms in total. The molecule has 2 unspecified atom stereocenters. The van der Waals surface area contributed by atoms with E-state index in [2.05, 4.69) is 23.5 Å². The maximum Gasteiger partial charge on any atom is 0.404 e. The topological polar surface area (TPSA) is 49.4 Å². The number of likely N-dealkylation sites (tertiary alicyclic amines) is 1. The molecule has 8 heteroatoms. The largest absolute Gasteiger partial charge is 0.404 e. The van der Waals surface area contributed by atoms with E-state index in [0.29, 0.717) is 11.8 Å². The highest BCUT2D eigenvalue weighted by Gasteiger charge is 2.65. The lowest BCUT2D eigenvalue weighted by Gasteiger charge is -2.24. The molecule has 2 fully saturated rings. The lowest BCUT2D eigenvalue weighted by atomic mass is 9.92. The van der Waals surface area contributed by atoms with Crippen molar-refractivity contribution in [2.75, 3.05) is 30.1 Å². The quantitative estimate of drug-likeness (QED) is 0.605. The van der Waals surface area contributed by atoms with Crippen LogP contribution in [0.5, 0.6) is 0 Å². The number of piperidine rings is 1. The summed E-state index contributed by atoms with van der Waals surface area (Å²) >= 11 is 0. The summed E-state index contributed by atoms with van der Waals surface area (Å²) in [7, 11) is -4.46. The maximum atomic E-state index is 12.4. The minimum Gasteiger partial charge on any atom is -0.303 e. The molecule has 2 aliphatic rings. The summed E-state index contributed by atoms with van der Waals surface area (Å²) in [5, 5.41) is 0. The van der Waals surface area contributed by atoms with Gasteiger partial charge in [-0.1, -0.05) is 45.2 Å². The number of benzene rings is 1. The van der Waals surface area contributed by atoms with Gasteiger partial charge >= 0.3 is 6.18 Å². The molecule has 0 spiro atoms. The van der Waals surface area contributed by atoms with Gasteiger partial charge in [-0.25, -0.2) is 8.42 Å². The van der Waals surface area contributed by atoms with E-state index in [1.165, 1.54) is 31.7 Å². The molecule has 28 heavy (non-hydrogen) atoms. The minimum atomic E-state index is -4.76. The minimum absolute atomic E-state index is 0.0224.